The van der Waals surface area contributed by atoms with Crippen molar-refractivity contribution < 1.29 is 29.0 Å². The first-order valence-corrected chi connectivity index (χ1v) is 13.3. The molecule has 3 aliphatic rings. The first-order chi connectivity index (χ1) is 18.9. The fraction of sp³-hybridized carbons (Fsp3) is 0.367. The minimum Gasteiger partial charge on any atom is -0.507 e. The third-order valence-electron chi connectivity index (χ3n) is 7.47. The maximum absolute atomic E-state index is 14.4. The van der Waals surface area contributed by atoms with Crippen molar-refractivity contribution in [3.05, 3.63) is 77.9 Å². The van der Waals surface area contributed by atoms with Crippen LogP contribution in [0.15, 0.2) is 66.8 Å². The van der Waals surface area contributed by atoms with Gasteiger partial charge in [-0.3, -0.25) is 19.3 Å². The van der Waals surface area contributed by atoms with E-state index in [0.717, 1.165) is 6.42 Å². The van der Waals surface area contributed by atoms with Gasteiger partial charge in [-0.2, -0.15) is 0 Å². The Balaban J connectivity index is 1.66. The predicted molar refractivity (Wildman–Crippen MR) is 146 cm³/mol. The number of ketones is 1. The number of rotatable bonds is 9. The molecule has 2 aromatic rings. The van der Waals surface area contributed by atoms with Crippen LogP contribution < -0.4 is 9.64 Å². The third-order valence-corrected chi connectivity index (χ3v) is 7.47. The van der Waals surface area contributed by atoms with Crippen molar-refractivity contribution in [1.29, 1.82) is 0 Å². The largest absolute Gasteiger partial charge is 0.507 e. The van der Waals surface area contributed by atoms with Crippen LogP contribution in [0.25, 0.3) is 5.76 Å². The van der Waals surface area contributed by atoms with Gasteiger partial charge in [0.2, 0.25) is 0 Å². The molecule has 0 aliphatic carbocycles. The minimum atomic E-state index is -1.79. The number of ether oxygens (including phenoxy) is 2. The summed E-state index contributed by atoms with van der Waals surface area (Å²) in [5, 5.41) is 11.6. The smallest absolute Gasteiger partial charge is 0.296 e. The second kappa shape index (κ2) is 11.0. The van der Waals surface area contributed by atoms with Crippen LogP contribution in [-0.4, -0.2) is 85.0 Å². The molecule has 3 heterocycles. The van der Waals surface area contributed by atoms with Crippen molar-refractivity contribution in [2.75, 3.05) is 57.4 Å². The van der Waals surface area contributed by atoms with Crippen molar-refractivity contribution in [2.24, 2.45) is 0 Å². The quantitative estimate of drug-likeness (QED) is 0.230. The maximum atomic E-state index is 14.4. The number of aliphatic hydroxyl groups excluding tert-OH is 1. The Bertz CT molecular complexity index is 1310. The highest BCUT2D eigenvalue weighted by Gasteiger charge is 2.66. The molecule has 39 heavy (non-hydrogen) atoms. The van der Waals surface area contributed by atoms with E-state index in [1.165, 1.54) is 9.80 Å². The van der Waals surface area contributed by atoms with E-state index in [9.17, 15) is 19.5 Å². The Morgan fingerprint density at radius 3 is 2.49 bits per heavy atom. The molecular weight excluding hydrogens is 498 g/mol. The number of hydrogen-bond donors (Lipinski definition) is 1. The SMILES string of the molecule is C=CCN1C(=O)C2(/C(=C(\O)c3ccc(OCCC)cc3)C(=O)C(=O)N2CCN2CCOCC2)c2ccccc21. The molecule has 9 nitrogen and oxygen atoms in total. The molecule has 3 aliphatic heterocycles. The third kappa shape index (κ3) is 4.41. The van der Waals surface area contributed by atoms with Crippen molar-refractivity contribution in [2.45, 2.75) is 18.9 Å². The van der Waals surface area contributed by atoms with Crippen LogP contribution in [0.2, 0.25) is 0 Å². The lowest BCUT2D eigenvalue weighted by Gasteiger charge is -2.36. The average molecular weight is 532 g/mol. The number of amides is 2. The van der Waals surface area contributed by atoms with Crippen LogP contribution in [0.4, 0.5) is 5.69 Å². The van der Waals surface area contributed by atoms with Gasteiger partial charge in [0, 0.05) is 43.9 Å². The normalized spacial score (nSPS) is 22.5. The highest BCUT2D eigenvalue weighted by molar-refractivity contribution is 6.50. The number of benzene rings is 2. The summed E-state index contributed by atoms with van der Waals surface area (Å²) in [6, 6.07) is 13.8. The Kier molecular flexibility index (Phi) is 7.54. The van der Waals surface area contributed by atoms with Crippen LogP contribution >= 0.6 is 0 Å². The molecule has 9 heteroatoms. The summed E-state index contributed by atoms with van der Waals surface area (Å²) in [6.07, 6.45) is 2.45. The first-order valence-electron chi connectivity index (χ1n) is 13.3. The molecule has 0 radical (unpaired) electrons. The number of carbonyl (C=O) groups is 3. The van der Waals surface area contributed by atoms with Gasteiger partial charge in [0.1, 0.15) is 11.5 Å². The van der Waals surface area contributed by atoms with Crippen molar-refractivity contribution in [3.8, 4) is 5.75 Å². The van der Waals surface area contributed by atoms with Gasteiger partial charge in [0.25, 0.3) is 17.6 Å². The van der Waals surface area contributed by atoms with Gasteiger partial charge >= 0.3 is 0 Å². The van der Waals surface area contributed by atoms with Crippen molar-refractivity contribution in [1.82, 2.24) is 9.80 Å². The summed E-state index contributed by atoms with van der Waals surface area (Å²) < 4.78 is 11.1. The van der Waals surface area contributed by atoms with Crippen molar-refractivity contribution in [3.63, 3.8) is 0 Å². The van der Waals surface area contributed by atoms with Crippen LogP contribution in [-0.2, 0) is 24.7 Å². The number of nitrogens with zero attached hydrogens (tertiary/aromatic N) is 3. The molecule has 2 fully saturated rings. The predicted octanol–water partition coefficient (Wildman–Crippen LogP) is 2.92. The molecule has 0 bridgehead atoms. The van der Waals surface area contributed by atoms with E-state index in [-0.39, 0.29) is 18.7 Å². The zero-order valence-corrected chi connectivity index (χ0v) is 22.1. The van der Waals surface area contributed by atoms with Gasteiger partial charge < -0.3 is 24.4 Å². The van der Waals surface area contributed by atoms with Gasteiger partial charge in [-0.25, -0.2) is 0 Å². The first kappa shape index (κ1) is 26.6. The number of carbonyl (C=O) groups excluding carboxylic acids is 3. The molecule has 0 saturated carbocycles. The van der Waals surface area contributed by atoms with Crippen LogP contribution in [0.1, 0.15) is 24.5 Å². The van der Waals surface area contributed by atoms with E-state index in [1.807, 2.05) is 6.92 Å². The number of morpholine rings is 1. The van der Waals surface area contributed by atoms with Gasteiger partial charge in [0.15, 0.2) is 5.54 Å². The van der Waals surface area contributed by atoms with E-state index in [2.05, 4.69) is 11.5 Å². The number of aliphatic hydroxyl groups is 1. The molecule has 5 rings (SSSR count). The Morgan fingerprint density at radius 2 is 1.79 bits per heavy atom. The van der Waals surface area contributed by atoms with Gasteiger partial charge in [-0.1, -0.05) is 31.2 Å². The summed E-state index contributed by atoms with van der Waals surface area (Å²) >= 11 is 0. The summed E-state index contributed by atoms with van der Waals surface area (Å²) in [5.74, 6) is -1.93. The molecule has 2 saturated heterocycles. The lowest BCUT2D eigenvalue weighted by atomic mass is 9.82. The average Bonchev–Trinajstić information content (AvgIpc) is 3.34. The zero-order valence-electron chi connectivity index (χ0n) is 22.1. The molecule has 2 aromatic carbocycles. The monoisotopic (exact) mass is 531 g/mol. The molecule has 204 valence electrons. The number of para-hydroxylation sites is 1. The number of likely N-dealkylation sites (tertiary alicyclic amines) is 1. The zero-order chi connectivity index (χ0) is 27.6. The molecule has 0 aromatic heterocycles. The molecule has 1 atom stereocenters. The van der Waals surface area contributed by atoms with E-state index >= 15 is 0 Å². The fourth-order valence-electron chi connectivity index (χ4n) is 5.62. The number of fused-ring (bicyclic) bond motifs is 2. The summed E-state index contributed by atoms with van der Waals surface area (Å²) in [4.78, 5) is 46.8. The van der Waals surface area contributed by atoms with Crippen LogP contribution in [0.3, 0.4) is 0 Å². The summed E-state index contributed by atoms with van der Waals surface area (Å²) in [6.45, 7) is 9.66. The molecular formula is C30H33N3O6. The number of hydrogen-bond acceptors (Lipinski definition) is 7. The van der Waals surface area contributed by atoms with E-state index < -0.39 is 28.9 Å². The van der Waals surface area contributed by atoms with Gasteiger partial charge in [-0.15, -0.1) is 6.58 Å². The highest BCUT2D eigenvalue weighted by Crippen LogP contribution is 2.53. The molecule has 1 unspecified atom stereocenters. The molecule has 1 spiro atoms. The van der Waals surface area contributed by atoms with E-state index in [0.29, 0.717) is 62.0 Å². The highest BCUT2D eigenvalue weighted by atomic mass is 16.5. The number of anilines is 1. The van der Waals surface area contributed by atoms with E-state index in [1.54, 1.807) is 54.6 Å². The Morgan fingerprint density at radius 1 is 1.08 bits per heavy atom. The second-order valence-electron chi connectivity index (χ2n) is 9.77. The van der Waals surface area contributed by atoms with E-state index in [4.69, 9.17) is 9.47 Å². The summed E-state index contributed by atoms with van der Waals surface area (Å²) in [7, 11) is 0. The number of Topliss-reactive ketones (excluding diaryl/α,β-unsaturated/α-hetero) is 1. The molecule has 1 N–H and O–H groups in total. The van der Waals surface area contributed by atoms with Crippen LogP contribution in [0.5, 0.6) is 5.75 Å². The maximum Gasteiger partial charge on any atom is 0.296 e. The van der Waals surface area contributed by atoms with Crippen molar-refractivity contribution >= 4 is 29.0 Å². The molecule has 2 amide bonds. The van der Waals surface area contributed by atoms with Gasteiger partial charge in [0.05, 0.1) is 31.1 Å². The second-order valence-corrected chi connectivity index (χ2v) is 9.77. The topological polar surface area (TPSA) is 99.6 Å². The fourth-order valence-corrected chi connectivity index (χ4v) is 5.62. The summed E-state index contributed by atoms with van der Waals surface area (Å²) in [5.41, 5.74) is -0.628. The minimum absolute atomic E-state index is 0.132. The lowest BCUT2D eigenvalue weighted by molar-refractivity contribution is -0.144. The van der Waals surface area contributed by atoms with Crippen LogP contribution in [0, 0.1) is 0 Å². The lowest BCUT2D eigenvalue weighted by Crippen LogP contribution is -2.54. The van der Waals surface area contributed by atoms with Gasteiger partial charge in [-0.05, 0) is 36.8 Å². The Hall–Kier alpha value is -3.95. The Labute approximate surface area is 227 Å². The standard InChI is InChI=1S/C30H33N3O6/c1-3-13-32-24-8-6-5-7-23(24)30(29(32)37)25(26(34)21-9-11-22(12-10-21)39-18-4-2)27(35)28(36)33(30)15-14-31-16-19-38-20-17-31/h3,5-12,34H,1,4,13-20H2,2H3/b26-25-.